The summed E-state index contributed by atoms with van der Waals surface area (Å²) >= 11 is 6.12. The average molecular weight is 445 g/mol. The Bertz CT molecular complexity index is 1110. The van der Waals surface area contributed by atoms with E-state index in [-0.39, 0.29) is 29.2 Å². The molecule has 0 bridgehead atoms. The summed E-state index contributed by atoms with van der Waals surface area (Å²) in [5, 5.41) is 23.3. The van der Waals surface area contributed by atoms with Crippen molar-refractivity contribution in [2.24, 2.45) is 0 Å². The van der Waals surface area contributed by atoms with Crippen LogP contribution in [0.4, 0.5) is 27.5 Å². The number of ether oxygens (including phenoxy) is 1. The molecule has 0 radical (unpaired) electrons. The molecule has 0 unspecified atom stereocenters. The van der Waals surface area contributed by atoms with Crippen molar-refractivity contribution in [3.63, 3.8) is 0 Å². The zero-order valence-corrected chi connectivity index (χ0v) is 17.9. The summed E-state index contributed by atoms with van der Waals surface area (Å²) in [6.07, 6.45) is 0.950. The molecule has 0 atom stereocenters. The number of hydrogen-bond donors (Lipinski definition) is 3. The number of hydrogen-bond acceptors (Lipinski definition) is 8. The molecule has 2 aromatic carbocycles. The molecule has 1 aliphatic rings. The van der Waals surface area contributed by atoms with Gasteiger partial charge in [0.05, 0.1) is 25.1 Å². The van der Waals surface area contributed by atoms with E-state index in [2.05, 4.69) is 37.8 Å². The number of aliphatic hydroxyl groups excluding tert-OH is 1. The van der Waals surface area contributed by atoms with E-state index in [0.29, 0.717) is 17.0 Å². The predicted octanol–water partition coefficient (Wildman–Crippen LogP) is 3.64. The van der Waals surface area contributed by atoms with Crippen molar-refractivity contribution in [2.75, 3.05) is 31.3 Å². The molecule has 31 heavy (non-hydrogen) atoms. The van der Waals surface area contributed by atoms with Gasteiger partial charge in [-0.3, -0.25) is 0 Å². The number of benzene rings is 2. The smallest absolute Gasteiger partial charge is 0.249 e. The van der Waals surface area contributed by atoms with Crippen LogP contribution in [0.25, 0.3) is 0 Å². The number of aromatic nitrogens is 3. The summed E-state index contributed by atoms with van der Waals surface area (Å²) in [6, 6.07) is 8.41. The highest BCUT2D eigenvalue weighted by Crippen LogP contribution is 2.33. The van der Waals surface area contributed by atoms with Gasteiger partial charge in [-0.1, -0.05) is 23.7 Å². The Kier molecular flexibility index (Phi) is 6.17. The Morgan fingerprint density at radius 3 is 2.84 bits per heavy atom. The normalized spacial score (nSPS) is 13.6. The van der Waals surface area contributed by atoms with Crippen LogP contribution in [0.15, 0.2) is 30.3 Å². The van der Waals surface area contributed by atoms with Gasteiger partial charge in [0.2, 0.25) is 5.95 Å². The summed E-state index contributed by atoms with van der Waals surface area (Å²) in [6.45, 7) is 1.48. The topological polar surface area (TPSA) is 95.4 Å². The van der Waals surface area contributed by atoms with Crippen molar-refractivity contribution >= 4 is 34.7 Å². The van der Waals surface area contributed by atoms with Crippen molar-refractivity contribution in [1.82, 2.24) is 20.1 Å². The van der Waals surface area contributed by atoms with Crippen LogP contribution in [0.2, 0.25) is 5.15 Å². The summed E-state index contributed by atoms with van der Waals surface area (Å²) < 4.78 is 19.8. The summed E-state index contributed by atoms with van der Waals surface area (Å²) in [7, 11) is 3.68. The zero-order chi connectivity index (χ0) is 22.0. The number of nitrogens with zero attached hydrogens (tertiary/aromatic N) is 4. The fourth-order valence-electron chi connectivity index (χ4n) is 3.52. The van der Waals surface area contributed by atoms with Crippen LogP contribution in [0.5, 0.6) is 5.75 Å². The van der Waals surface area contributed by atoms with Gasteiger partial charge in [0.15, 0.2) is 11.0 Å². The van der Waals surface area contributed by atoms with E-state index >= 15 is 0 Å². The van der Waals surface area contributed by atoms with Gasteiger partial charge in [-0.15, -0.1) is 10.2 Å². The summed E-state index contributed by atoms with van der Waals surface area (Å²) in [5.41, 5.74) is 3.57. The Labute approximate surface area is 184 Å². The quantitative estimate of drug-likeness (QED) is 0.530. The first kappa shape index (κ1) is 21.2. The lowest BCUT2D eigenvalue weighted by molar-refractivity contribution is 0.282. The molecule has 0 fully saturated rings. The fraction of sp³-hybridized carbons (Fsp3) is 0.286. The van der Waals surface area contributed by atoms with E-state index in [1.807, 2.05) is 12.1 Å². The average Bonchev–Trinajstić information content (AvgIpc) is 2.76. The minimum atomic E-state index is -0.545. The number of para-hydroxylation sites is 1. The van der Waals surface area contributed by atoms with Crippen LogP contribution in [-0.2, 0) is 19.6 Å². The van der Waals surface area contributed by atoms with E-state index in [4.69, 9.17) is 16.3 Å². The molecule has 0 saturated heterocycles. The first-order chi connectivity index (χ1) is 15.0. The molecule has 1 aromatic heterocycles. The molecule has 0 amide bonds. The molecule has 8 nitrogen and oxygen atoms in total. The number of likely N-dealkylation sites (N-methyl/N-ethyl adjacent to an activating group) is 1. The van der Waals surface area contributed by atoms with Gasteiger partial charge in [-0.05, 0) is 42.8 Å². The third-order valence-electron chi connectivity index (χ3n) is 5.13. The summed E-state index contributed by atoms with van der Waals surface area (Å²) in [5.74, 6) is 0.385. The maximum Gasteiger partial charge on any atom is 0.249 e. The Morgan fingerprint density at radius 2 is 2.06 bits per heavy atom. The van der Waals surface area contributed by atoms with Crippen LogP contribution in [0, 0.1) is 5.82 Å². The first-order valence-electron chi connectivity index (χ1n) is 9.69. The van der Waals surface area contributed by atoms with E-state index < -0.39 is 5.82 Å². The van der Waals surface area contributed by atoms with E-state index in [0.717, 1.165) is 19.5 Å². The molecule has 10 heteroatoms. The van der Waals surface area contributed by atoms with Crippen LogP contribution in [-0.4, -0.2) is 45.9 Å². The minimum absolute atomic E-state index is 0.0308. The highest BCUT2D eigenvalue weighted by atomic mass is 35.5. The molecular formula is C21H22ClFN6O2. The van der Waals surface area contributed by atoms with Crippen LogP contribution in [0.1, 0.15) is 16.7 Å². The number of aliphatic hydroxyl groups is 1. The van der Waals surface area contributed by atoms with Crippen molar-refractivity contribution in [3.8, 4) is 5.75 Å². The van der Waals surface area contributed by atoms with Gasteiger partial charge in [0.1, 0.15) is 11.6 Å². The molecule has 1 aliphatic heterocycles. The van der Waals surface area contributed by atoms with E-state index in [1.165, 1.54) is 23.3 Å². The van der Waals surface area contributed by atoms with Crippen molar-refractivity contribution in [3.05, 3.63) is 58.0 Å². The minimum Gasteiger partial charge on any atom is -0.495 e. The standard InChI is InChI=1S/C21H22ClFN6O2/c1-29-7-6-12-9-17(31-2)16(8-14(12)10-29)24-21-26-20(19(22)27-28-21)25-18-13(11-30)4-3-5-15(18)23/h3-5,8-9,30H,6-7,10-11H2,1-2H3,(H2,24,25,26,28). The maximum absolute atomic E-state index is 14.3. The molecule has 4 rings (SSSR count). The molecule has 0 aliphatic carbocycles. The van der Waals surface area contributed by atoms with Crippen molar-refractivity contribution in [1.29, 1.82) is 0 Å². The molecule has 162 valence electrons. The molecule has 0 saturated carbocycles. The van der Waals surface area contributed by atoms with E-state index in [9.17, 15) is 9.50 Å². The van der Waals surface area contributed by atoms with E-state index in [1.54, 1.807) is 13.2 Å². The summed E-state index contributed by atoms with van der Waals surface area (Å²) in [4.78, 5) is 6.58. The van der Waals surface area contributed by atoms with Crippen molar-refractivity contribution in [2.45, 2.75) is 19.6 Å². The lowest BCUT2D eigenvalue weighted by Crippen LogP contribution is -2.26. The molecule has 0 spiro atoms. The number of methoxy groups -OCH3 is 1. The monoisotopic (exact) mass is 444 g/mol. The number of rotatable bonds is 6. The lowest BCUT2D eigenvalue weighted by atomic mass is 9.99. The highest BCUT2D eigenvalue weighted by molar-refractivity contribution is 6.31. The molecular weight excluding hydrogens is 423 g/mol. The highest BCUT2D eigenvalue weighted by Gasteiger charge is 2.18. The van der Waals surface area contributed by atoms with Gasteiger partial charge in [-0.2, -0.15) is 4.98 Å². The first-order valence-corrected chi connectivity index (χ1v) is 10.1. The van der Waals surface area contributed by atoms with Crippen LogP contribution < -0.4 is 15.4 Å². The predicted molar refractivity (Wildman–Crippen MR) is 117 cm³/mol. The van der Waals surface area contributed by atoms with Gasteiger partial charge >= 0.3 is 0 Å². The number of nitrogens with one attached hydrogen (secondary N) is 2. The SMILES string of the molecule is COc1cc2c(cc1Nc1nnc(Cl)c(Nc3c(F)cccc3CO)n1)CN(C)CC2. The third kappa shape index (κ3) is 4.53. The van der Waals surface area contributed by atoms with Crippen molar-refractivity contribution < 1.29 is 14.2 Å². The zero-order valence-electron chi connectivity index (χ0n) is 17.1. The fourth-order valence-corrected chi connectivity index (χ4v) is 3.65. The molecule has 3 aromatic rings. The Morgan fingerprint density at radius 1 is 1.23 bits per heavy atom. The lowest BCUT2D eigenvalue weighted by Gasteiger charge is -2.26. The largest absolute Gasteiger partial charge is 0.495 e. The van der Waals surface area contributed by atoms with Crippen LogP contribution >= 0.6 is 11.6 Å². The van der Waals surface area contributed by atoms with Gasteiger partial charge in [-0.25, -0.2) is 4.39 Å². The number of anilines is 4. The second kappa shape index (κ2) is 9.01. The second-order valence-electron chi connectivity index (χ2n) is 7.27. The second-order valence-corrected chi connectivity index (χ2v) is 7.62. The van der Waals surface area contributed by atoms with Crippen LogP contribution in [0.3, 0.4) is 0 Å². The number of fused-ring (bicyclic) bond motifs is 1. The van der Waals surface area contributed by atoms with Gasteiger partial charge < -0.3 is 25.4 Å². The Balaban J connectivity index is 1.65. The third-order valence-corrected chi connectivity index (χ3v) is 5.39. The number of halogens is 2. The maximum atomic E-state index is 14.3. The van der Waals surface area contributed by atoms with Gasteiger partial charge in [0.25, 0.3) is 0 Å². The van der Waals surface area contributed by atoms with Gasteiger partial charge in [0, 0.05) is 18.7 Å². The Hall–Kier alpha value is -3.01. The molecule has 3 N–H and O–H groups in total. The molecule has 2 heterocycles.